The number of anilines is 2. The van der Waals surface area contributed by atoms with Gasteiger partial charge < -0.3 is 15.4 Å². The van der Waals surface area contributed by atoms with Crippen molar-refractivity contribution in [1.29, 1.82) is 0 Å². The van der Waals surface area contributed by atoms with Crippen molar-refractivity contribution in [1.82, 2.24) is 0 Å². The Labute approximate surface area is 135 Å². The second kappa shape index (κ2) is 6.36. The number of hydrogen-bond donors (Lipinski definition) is 1. The van der Waals surface area contributed by atoms with Crippen molar-refractivity contribution in [2.75, 3.05) is 36.6 Å². The second-order valence-corrected chi connectivity index (χ2v) is 7.94. The van der Waals surface area contributed by atoms with Crippen LogP contribution in [-0.4, -0.2) is 36.7 Å². The molecule has 0 radical (unpaired) electrons. The second-order valence-electron chi connectivity index (χ2n) is 5.74. The quantitative estimate of drug-likeness (QED) is 0.666. The monoisotopic (exact) mass is 328 g/mol. The Morgan fingerprint density at radius 3 is 2.81 bits per heavy atom. The lowest BCUT2D eigenvalue weighted by Gasteiger charge is -2.27. The van der Waals surface area contributed by atoms with Gasteiger partial charge in [0.15, 0.2) is 0 Å². The van der Waals surface area contributed by atoms with Crippen molar-refractivity contribution in [2.24, 2.45) is 0 Å². The van der Waals surface area contributed by atoms with E-state index in [4.69, 9.17) is 22.1 Å². The van der Waals surface area contributed by atoms with Crippen LogP contribution in [0, 0.1) is 0 Å². The summed E-state index contributed by atoms with van der Waals surface area (Å²) in [6.07, 6.45) is 1.03. The molecule has 0 unspecified atom stereocenters. The molecule has 2 N–H and O–H groups in total. The van der Waals surface area contributed by atoms with E-state index in [0.717, 1.165) is 31.0 Å². The predicted molar refractivity (Wildman–Crippen MR) is 90.6 cm³/mol. The van der Waals surface area contributed by atoms with Gasteiger partial charge in [0.05, 0.1) is 23.4 Å². The van der Waals surface area contributed by atoms with Gasteiger partial charge in [0.25, 0.3) is 0 Å². The molecule has 1 aliphatic heterocycles. The van der Waals surface area contributed by atoms with E-state index in [1.54, 1.807) is 12.1 Å². The Morgan fingerprint density at radius 1 is 1.43 bits per heavy atom. The molecule has 0 saturated carbocycles. The van der Waals surface area contributed by atoms with Crippen molar-refractivity contribution < 1.29 is 9.53 Å². The summed E-state index contributed by atoms with van der Waals surface area (Å²) in [7, 11) is 1.37. The zero-order valence-electron chi connectivity index (χ0n) is 12.6. The molecular weight excluding hydrogens is 308 g/mol. The van der Waals surface area contributed by atoms with Gasteiger partial charge in [-0.25, -0.2) is 4.79 Å². The summed E-state index contributed by atoms with van der Waals surface area (Å²) in [5, 5.41) is 0.500. The first kappa shape index (κ1) is 16.3. The average Bonchev–Trinajstić information content (AvgIpc) is 2.58. The number of rotatable bonds is 2. The fourth-order valence-electron chi connectivity index (χ4n) is 2.45. The molecule has 2 rings (SSSR count). The minimum atomic E-state index is -0.407. The summed E-state index contributed by atoms with van der Waals surface area (Å²) in [6, 6.07) is 3.32. The number of nitrogens with zero attached hydrogens (tertiary/aromatic N) is 1. The maximum absolute atomic E-state index is 12.0. The largest absolute Gasteiger partial charge is 0.465 e. The SMILES string of the molecule is COC(=O)c1cc(N)cc(Cl)c1N1CCSC(C)(C)CC1. The molecule has 1 aromatic rings. The van der Waals surface area contributed by atoms with E-state index in [9.17, 15) is 4.79 Å². The fourth-order valence-corrected chi connectivity index (χ4v) is 3.90. The number of methoxy groups -OCH3 is 1. The van der Waals surface area contributed by atoms with E-state index < -0.39 is 5.97 Å². The van der Waals surface area contributed by atoms with E-state index in [-0.39, 0.29) is 4.75 Å². The van der Waals surface area contributed by atoms with Crippen LogP contribution in [0.25, 0.3) is 0 Å². The highest BCUT2D eigenvalue weighted by molar-refractivity contribution is 8.00. The molecule has 1 heterocycles. The number of ether oxygens (including phenoxy) is 1. The van der Waals surface area contributed by atoms with Gasteiger partial charge in [-0.15, -0.1) is 0 Å². The molecule has 0 amide bonds. The van der Waals surface area contributed by atoms with Crippen molar-refractivity contribution in [3.63, 3.8) is 0 Å². The predicted octanol–water partition coefficient (Wildman–Crippen LogP) is 3.43. The van der Waals surface area contributed by atoms with E-state index in [2.05, 4.69) is 18.7 Å². The molecule has 6 heteroatoms. The third kappa shape index (κ3) is 3.77. The van der Waals surface area contributed by atoms with Crippen LogP contribution >= 0.6 is 23.4 Å². The highest BCUT2D eigenvalue weighted by atomic mass is 35.5. The fraction of sp³-hybridized carbons (Fsp3) is 0.533. The van der Waals surface area contributed by atoms with Crippen molar-refractivity contribution in [3.8, 4) is 0 Å². The molecule has 4 nitrogen and oxygen atoms in total. The number of nitrogen functional groups attached to an aromatic ring is 1. The summed E-state index contributed by atoms with van der Waals surface area (Å²) in [5.41, 5.74) is 7.45. The smallest absolute Gasteiger partial charge is 0.340 e. The number of hydrogen-bond acceptors (Lipinski definition) is 5. The number of esters is 1. The molecule has 0 aromatic heterocycles. The van der Waals surface area contributed by atoms with Crippen LogP contribution in [0.2, 0.25) is 5.02 Å². The van der Waals surface area contributed by atoms with Gasteiger partial charge in [-0.2, -0.15) is 11.8 Å². The van der Waals surface area contributed by atoms with Gasteiger partial charge in [-0.3, -0.25) is 0 Å². The molecule has 0 atom stereocenters. The van der Waals surface area contributed by atoms with Crippen LogP contribution in [0.15, 0.2) is 12.1 Å². The zero-order valence-corrected chi connectivity index (χ0v) is 14.2. The molecule has 116 valence electrons. The molecular formula is C15H21ClN2O2S. The lowest BCUT2D eigenvalue weighted by molar-refractivity contribution is 0.0601. The Morgan fingerprint density at radius 2 is 2.14 bits per heavy atom. The lowest BCUT2D eigenvalue weighted by Crippen LogP contribution is -2.29. The Bertz CT molecular complexity index is 549. The molecule has 0 bridgehead atoms. The van der Waals surface area contributed by atoms with E-state index in [1.165, 1.54) is 7.11 Å². The zero-order chi connectivity index (χ0) is 15.6. The van der Waals surface area contributed by atoms with Crippen LogP contribution < -0.4 is 10.6 Å². The highest BCUT2D eigenvalue weighted by Crippen LogP contribution is 2.37. The van der Waals surface area contributed by atoms with Gasteiger partial charge in [0, 0.05) is 29.3 Å². The number of carbonyl (C=O) groups excluding carboxylic acids is 1. The average molecular weight is 329 g/mol. The minimum absolute atomic E-state index is 0.237. The summed E-state index contributed by atoms with van der Waals surface area (Å²) < 4.78 is 5.10. The number of thioether (sulfide) groups is 1. The van der Waals surface area contributed by atoms with Crippen LogP contribution in [0.3, 0.4) is 0 Å². The first-order valence-electron chi connectivity index (χ1n) is 6.90. The summed E-state index contributed by atoms with van der Waals surface area (Å²) in [4.78, 5) is 14.2. The highest BCUT2D eigenvalue weighted by Gasteiger charge is 2.27. The standard InChI is InChI=1S/C15H21ClN2O2S/c1-15(2)4-5-18(6-7-21-15)13-11(14(19)20-3)8-10(17)9-12(13)16/h8-9H,4-7,17H2,1-3H3. The topological polar surface area (TPSA) is 55.6 Å². The van der Waals surface area contributed by atoms with Crippen LogP contribution in [0.4, 0.5) is 11.4 Å². The van der Waals surface area contributed by atoms with E-state index in [0.29, 0.717) is 16.3 Å². The first-order chi connectivity index (χ1) is 9.84. The van der Waals surface area contributed by atoms with Crippen molar-refractivity contribution >= 4 is 40.7 Å². The maximum atomic E-state index is 12.0. The molecule has 1 aromatic carbocycles. The summed E-state index contributed by atoms with van der Waals surface area (Å²) >= 11 is 8.30. The number of nitrogens with two attached hydrogens (primary N) is 1. The Balaban J connectivity index is 2.40. The van der Waals surface area contributed by atoms with E-state index >= 15 is 0 Å². The maximum Gasteiger partial charge on any atom is 0.340 e. The number of halogens is 1. The first-order valence-corrected chi connectivity index (χ1v) is 8.26. The Kier molecular flexibility index (Phi) is 4.94. The van der Waals surface area contributed by atoms with Crippen LogP contribution in [-0.2, 0) is 4.74 Å². The van der Waals surface area contributed by atoms with Gasteiger partial charge in [-0.1, -0.05) is 25.4 Å². The van der Waals surface area contributed by atoms with Gasteiger partial charge in [-0.05, 0) is 18.6 Å². The number of carbonyl (C=O) groups is 1. The molecule has 1 fully saturated rings. The Hall–Kier alpha value is -1.07. The van der Waals surface area contributed by atoms with Crippen LogP contribution in [0.1, 0.15) is 30.6 Å². The molecule has 1 saturated heterocycles. The third-order valence-corrected chi connectivity index (χ3v) is 5.31. The summed E-state index contributed by atoms with van der Waals surface area (Å²) in [6.45, 7) is 6.19. The molecule has 21 heavy (non-hydrogen) atoms. The molecule has 0 spiro atoms. The molecule has 1 aliphatic rings. The summed E-state index contributed by atoms with van der Waals surface area (Å²) in [5.74, 6) is 0.587. The normalized spacial score (nSPS) is 18.2. The van der Waals surface area contributed by atoms with E-state index in [1.807, 2.05) is 11.8 Å². The van der Waals surface area contributed by atoms with Crippen LogP contribution in [0.5, 0.6) is 0 Å². The minimum Gasteiger partial charge on any atom is -0.465 e. The van der Waals surface area contributed by atoms with Crippen molar-refractivity contribution in [3.05, 3.63) is 22.7 Å². The lowest BCUT2D eigenvalue weighted by atomic mass is 10.1. The van der Waals surface area contributed by atoms with Gasteiger partial charge in [0.2, 0.25) is 0 Å². The third-order valence-electron chi connectivity index (χ3n) is 3.65. The number of benzene rings is 1. The molecule has 0 aliphatic carbocycles. The van der Waals surface area contributed by atoms with Crippen molar-refractivity contribution in [2.45, 2.75) is 25.0 Å². The van der Waals surface area contributed by atoms with Gasteiger partial charge in [0.1, 0.15) is 0 Å². The van der Waals surface area contributed by atoms with Gasteiger partial charge >= 0.3 is 5.97 Å².